The van der Waals surface area contributed by atoms with Gasteiger partial charge in [-0.25, -0.2) is 8.42 Å². The minimum atomic E-state index is -3.23. The van der Waals surface area contributed by atoms with E-state index in [1.807, 2.05) is 0 Å². The van der Waals surface area contributed by atoms with Crippen LogP contribution >= 0.6 is 11.6 Å². The van der Waals surface area contributed by atoms with Crippen LogP contribution in [0.15, 0.2) is 0 Å². The Kier molecular flexibility index (Phi) is 3.23. The molecule has 2 fully saturated rings. The molecule has 2 heterocycles. The molecule has 0 saturated carbocycles. The van der Waals surface area contributed by atoms with Crippen molar-refractivity contribution in [3.8, 4) is 0 Å². The molecule has 15 heavy (non-hydrogen) atoms. The summed E-state index contributed by atoms with van der Waals surface area (Å²) in [4.78, 5) is 0. The number of hydrogen-bond donors (Lipinski definition) is 0. The zero-order chi connectivity index (χ0) is 10.9. The second-order valence-electron chi connectivity index (χ2n) is 3.70. The molecule has 0 amide bonds. The van der Waals surface area contributed by atoms with E-state index < -0.39 is 15.8 Å². The molecule has 1 spiro atoms. The van der Waals surface area contributed by atoms with E-state index in [-0.39, 0.29) is 11.6 Å². The van der Waals surface area contributed by atoms with Crippen LogP contribution in [0, 0.1) is 0 Å². The van der Waals surface area contributed by atoms with Crippen LogP contribution in [0.4, 0.5) is 0 Å². The fourth-order valence-electron chi connectivity index (χ4n) is 1.92. The molecule has 2 saturated heterocycles. The summed E-state index contributed by atoms with van der Waals surface area (Å²) in [6.07, 6.45) is 0.606. The quantitative estimate of drug-likeness (QED) is 0.667. The highest BCUT2D eigenvalue weighted by molar-refractivity contribution is 7.89. The topological polar surface area (TPSA) is 55.8 Å². The Labute approximate surface area is 94.3 Å². The lowest BCUT2D eigenvalue weighted by atomic mass is 10.2. The van der Waals surface area contributed by atoms with Gasteiger partial charge >= 0.3 is 0 Å². The monoisotopic (exact) mass is 255 g/mol. The van der Waals surface area contributed by atoms with E-state index >= 15 is 0 Å². The number of sulfonamides is 1. The largest absolute Gasteiger partial charge is 0.346 e. The Morgan fingerprint density at radius 2 is 2.00 bits per heavy atom. The summed E-state index contributed by atoms with van der Waals surface area (Å²) in [5, 5.41) is 0. The van der Waals surface area contributed by atoms with Crippen molar-refractivity contribution >= 4 is 21.6 Å². The third kappa shape index (κ3) is 2.29. The fourth-order valence-corrected chi connectivity index (χ4v) is 3.72. The smallest absolute Gasteiger partial charge is 0.215 e. The number of nitrogens with zero attached hydrogens (tertiary/aromatic N) is 1. The van der Waals surface area contributed by atoms with Gasteiger partial charge in [0.15, 0.2) is 5.79 Å². The molecule has 2 rings (SSSR count). The van der Waals surface area contributed by atoms with Gasteiger partial charge in [-0.3, -0.25) is 0 Å². The maximum absolute atomic E-state index is 11.7. The van der Waals surface area contributed by atoms with E-state index in [1.54, 1.807) is 0 Å². The summed E-state index contributed by atoms with van der Waals surface area (Å²) in [5.41, 5.74) is 0. The lowest BCUT2D eigenvalue weighted by Gasteiger charge is -2.21. The number of alkyl halides is 1. The number of halogens is 1. The standard InChI is InChI=1S/C8H14ClNO4S/c9-2-6-15(11,12)10-3-1-8(7-10)13-4-5-14-8/h1-7H2. The summed E-state index contributed by atoms with van der Waals surface area (Å²) in [5.74, 6) is -0.586. The molecule has 0 N–H and O–H groups in total. The average molecular weight is 256 g/mol. The molecular formula is C8H14ClNO4S. The molecule has 0 aromatic heterocycles. The summed E-state index contributed by atoms with van der Waals surface area (Å²) in [6.45, 7) is 1.85. The highest BCUT2D eigenvalue weighted by Crippen LogP contribution is 2.31. The van der Waals surface area contributed by atoms with Crippen LogP contribution in [0.2, 0.25) is 0 Å². The van der Waals surface area contributed by atoms with E-state index in [0.29, 0.717) is 32.7 Å². The summed E-state index contributed by atoms with van der Waals surface area (Å²) in [6, 6.07) is 0. The maximum atomic E-state index is 11.7. The van der Waals surface area contributed by atoms with E-state index in [4.69, 9.17) is 21.1 Å². The lowest BCUT2D eigenvalue weighted by Crippen LogP contribution is -2.38. The van der Waals surface area contributed by atoms with Crippen molar-refractivity contribution in [3.05, 3.63) is 0 Å². The Morgan fingerprint density at radius 3 is 2.60 bits per heavy atom. The van der Waals surface area contributed by atoms with Crippen LogP contribution < -0.4 is 0 Å². The first-order valence-corrected chi connectivity index (χ1v) is 7.04. The highest BCUT2D eigenvalue weighted by Gasteiger charge is 2.46. The highest BCUT2D eigenvalue weighted by atomic mass is 35.5. The second-order valence-corrected chi connectivity index (χ2v) is 6.16. The van der Waals surface area contributed by atoms with Gasteiger partial charge in [-0.15, -0.1) is 11.6 Å². The normalized spacial score (nSPS) is 26.5. The van der Waals surface area contributed by atoms with Gasteiger partial charge in [-0.05, 0) is 0 Å². The SMILES string of the molecule is O=S(=O)(CCCl)N1CCC2(C1)OCCO2. The zero-order valence-electron chi connectivity index (χ0n) is 8.32. The van der Waals surface area contributed by atoms with Crippen LogP contribution in [0.25, 0.3) is 0 Å². The van der Waals surface area contributed by atoms with Crippen LogP contribution in [0.1, 0.15) is 6.42 Å². The molecule has 2 aliphatic rings. The minimum Gasteiger partial charge on any atom is -0.346 e. The molecule has 0 atom stereocenters. The first-order chi connectivity index (χ1) is 7.08. The van der Waals surface area contributed by atoms with Crippen molar-refractivity contribution in [1.29, 1.82) is 0 Å². The van der Waals surface area contributed by atoms with Crippen LogP contribution in [0.5, 0.6) is 0 Å². The summed E-state index contributed by atoms with van der Waals surface area (Å²) >= 11 is 5.45. The Balaban J connectivity index is 2.03. The van der Waals surface area contributed by atoms with Crippen LogP contribution in [-0.2, 0) is 19.5 Å². The second kappa shape index (κ2) is 4.18. The van der Waals surface area contributed by atoms with E-state index in [2.05, 4.69) is 0 Å². The van der Waals surface area contributed by atoms with E-state index in [9.17, 15) is 8.42 Å². The third-order valence-corrected chi connectivity index (χ3v) is 4.93. The average Bonchev–Trinajstić information content (AvgIpc) is 2.77. The molecule has 0 unspecified atom stereocenters. The zero-order valence-corrected chi connectivity index (χ0v) is 9.89. The van der Waals surface area contributed by atoms with Crippen molar-refractivity contribution in [3.63, 3.8) is 0 Å². The maximum Gasteiger partial charge on any atom is 0.215 e. The molecular weight excluding hydrogens is 242 g/mol. The van der Waals surface area contributed by atoms with E-state index in [0.717, 1.165) is 0 Å². The first-order valence-electron chi connectivity index (χ1n) is 4.90. The Bertz CT molecular complexity index is 326. The molecule has 0 aromatic carbocycles. The lowest BCUT2D eigenvalue weighted by molar-refractivity contribution is -0.142. The van der Waals surface area contributed by atoms with Gasteiger partial charge in [0.05, 0.1) is 25.5 Å². The molecule has 0 bridgehead atoms. The molecule has 7 heteroatoms. The van der Waals surface area contributed by atoms with Crippen molar-refractivity contribution < 1.29 is 17.9 Å². The van der Waals surface area contributed by atoms with E-state index in [1.165, 1.54) is 4.31 Å². The molecule has 2 aliphatic heterocycles. The van der Waals surface area contributed by atoms with Crippen LogP contribution in [0.3, 0.4) is 0 Å². The number of hydrogen-bond acceptors (Lipinski definition) is 4. The predicted octanol–water partition coefficient (Wildman–Crippen LogP) is 0.00380. The third-order valence-electron chi connectivity index (χ3n) is 2.70. The Morgan fingerprint density at radius 1 is 1.33 bits per heavy atom. The van der Waals surface area contributed by atoms with Gasteiger partial charge in [0.25, 0.3) is 0 Å². The van der Waals surface area contributed by atoms with Crippen molar-refractivity contribution in [2.45, 2.75) is 12.2 Å². The molecule has 0 aliphatic carbocycles. The minimum absolute atomic E-state index is 0.0232. The van der Waals surface area contributed by atoms with Gasteiger partial charge in [0.1, 0.15) is 0 Å². The van der Waals surface area contributed by atoms with Gasteiger partial charge in [0, 0.05) is 18.8 Å². The molecule has 0 aromatic rings. The molecule has 88 valence electrons. The van der Waals surface area contributed by atoms with Gasteiger partial charge in [-0.1, -0.05) is 0 Å². The fraction of sp³-hybridized carbons (Fsp3) is 1.00. The molecule has 5 nitrogen and oxygen atoms in total. The van der Waals surface area contributed by atoms with Crippen LogP contribution in [-0.4, -0.2) is 56.4 Å². The van der Waals surface area contributed by atoms with Gasteiger partial charge in [-0.2, -0.15) is 4.31 Å². The Hall–Kier alpha value is 0.120. The molecule has 0 radical (unpaired) electrons. The number of ether oxygens (including phenoxy) is 2. The van der Waals surface area contributed by atoms with Gasteiger partial charge < -0.3 is 9.47 Å². The number of rotatable bonds is 3. The summed E-state index contributed by atoms with van der Waals surface area (Å²) in [7, 11) is -3.23. The van der Waals surface area contributed by atoms with Gasteiger partial charge in [0.2, 0.25) is 10.0 Å². The van der Waals surface area contributed by atoms with Crippen molar-refractivity contribution in [2.75, 3.05) is 37.9 Å². The van der Waals surface area contributed by atoms with Crippen molar-refractivity contribution in [1.82, 2.24) is 4.31 Å². The first kappa shape index (κ1) is 11.6. The summed E-state index contributed by atoms with van der Waals surface area (Å²) < 4.78 is 35.7. The predicted molar refractivity (Wildman–Crippen MR) is 55.3 cm³/mol. The van der Waals surface area contributed by atoms with Crippen molar-refractivity contribution in [2.24, 2.45) is 0 Å².